The summed E-state index contributed by atoms with van der Waals surface area (Å²) in [6.45, 7) is 7.06. The van der Waals surface area contributed by atoms with Crippen molar-refractivity contribution >= 4 is 33.0 Å². The number of carbonyl (C=O) groups is 1. The minimum Gasteiger partial charge on any atom is -0.314 e. The van der Waals surface area contributed by atoms with Gasteiger partial charge in [-0.15, -0.1) is 11.3 Å². The first kappa shape index (κ1) is 13.2. The van der Waals surface area contributed by atoms with E-state index in [0.717, 1.165) is 42.1 Å². The van der Waals surface area contributed by atoms with Crippen LogP contribution in [-0.4, -0.2) is 43.4 Å². The highest BCUT2D eigenvalue weighted by Crippen LogP contribution is 2.22. The first-order valence-corrected chi connectivity index (χ1v) is 7.55. The zero-order chi connectivity index (χ0) is 12.3. The summed E-state index contributed by atoms with van der Waals surface area (Å²) in [4.78, 5) is 15.4. The van der Waals surface area contributed by atoms with Crippen LogP contribution in [0.4, 0.5) is 0 Å². The third-order valence-electron chi connectivity index (χ3n) is 3.00. The number of ketones is 1. The summed E-state index contributed by atoms with van der Waals surface area (Å²) in [6.07, 6.45) is 0. The highest BCUT2D eigenvalue weighted by molar-refractivity contribution is 9.10. The summed E-state index contributed by atoms with van der Waals surface area (Å²) in [5.74, 6) is 0.345. The molecule has 0 aliphatic carbocycles. The maximum Gasteiger partial charge on any atom is 0.176 e. The number of nitrogens with zero attached hydrogens (tertiary/aromatic N) is 1. The van der Waals surface area contributed by atoms with E-state index >= 15 is 0 Å². The zero-order valence-corrected chi connectivity index (χ0v) is 12.3. The van der Waals surface area contributed by atoms with Crippen molar-refractivity contribution in [1.82, 2.24) is 10.2 Å². The molecule has 0 bridgehead atoms. The normalized spacial score (nSPS) is 19.2. The van der Waals surface area contributed by atoms with Crippen molar-refractivity contribution in [3.8, 4) is 0 Å². The summed E-state index contributed by atoms with van der Waals surface area (Å²) >= 11 is 4.91. The summed E-state index contributed by atoms with van der Waals surface area (Å²) in [5, 5.41) is 5.28. The third kappa shape index (κ3) is 3.61. The number of carbonyl (C=O) groups excluding carboxylic acids is 1. The number of Topliss-reactive ketones (excluding diaryl/α,β-unsaturated/α-hetero) is 1. The van der Waals surface area contributed by atoms with E-state index < -0.39 is 0 Å². The van der Waals surface area contributed by atoms with Crippen LogP contribution < -0.4 is 5.32 Å². The van der Waals surface area contributed by atoms with Crippen LogP contribution in [0.1, 0.15) is 16.6 Å². The van der Waals surface area contributed by atoms with E-state index in [0.29, 0.717) is 0 Å². The molecular weight excluding hydrogens is 300 g/mol. The summed E-state index contributed by atoms with van der Waals surface area (Å²) < 4.78 is 1.00. The van der Waals surface area contributed by atoms with E-state index in [-0.39, 0.29) is 11.7 Å². The molecule has 1 N–H and O–H groups in total. The Hall–Kier alpha value is -0.230. The van der Waals surface area contributed by atoms with Crippen LogP contribution in [0.3, 0.4) is 0 Å². The molecule has 17 heavy (non-hydrogen) atoms. The van der Waals surface area contributed by atoms with E-state index in [1.807, 2.05) is 18.4 Å². The molecule has 2 heterocycles. The number of hydrogen-bond donors (Lipinski definition) is 1. The lowest BCUT2D eigenvalue weighted by Gasteiger charge is -2.29. The van der Waals surface area contributed by atoms with Crippen molar-refractivity contribution < 1.29 is 4.79 Å². The van der Waals surface area contributed by atoms with Crippen molar-refractivity contribution in [3.63, 3.8) is 0 Å². The molecule has 1 fully saturated rings. The maximum absolute atomic E-state index is 12.2. The van der Waals surface area contributed by atoms with Crippen LogP contribution in [0.2, 0.25) is 0 Å². The quantitative estimate of drug-likeness (QED) is 0.865. The smallest absolute Gasteiger partial charge is 0.176 e. The highest BCUT2D eigenvalue weighted by atomic mass is 79.9. The van der Waals surface area contributed by atoms with Gasteiger partial charge in [0.05, 0.1) is 4.88 Å². The predicted molar refractivity (Wildman–Crippen MR) is 74.8 cm³/mol. The lowest BCUT2D eigenvalue weighted by Crippen LogP contribution is -2.45. The minimum absolute atomic E-state index is 0.0821. The average Bonchev–Trinajstić information content (AvgIpc) is 2.76. The molecular formula is C12H17BrN2OS. The molecule has 0 amide bonds. The highest BCUT2D eigenvalue weighted by Gasteiger charge is 2.20. The number of piperazine rings is 1. The number of nitrogens with one attached hydrogen (secondary N) is 1. The summed E-state index contributed by atoms with van der Waals surface area (Å²) in [6, 6.07) is 1.92. The van der Waals surface area contributed by atoms with E-state index in [2.05, 4.69) is 26.1 Å². The standard InChI is InChI=1S/C12H17BrN2OS/c1-9(7-15-4-2-14-3-5-15)12(16)11-6-10(13)8-17-11/h6,8-9,14H,2-5,7H2,1H3. The first-order valence-electron chi connectivity index (χ1n) is 5.88. The van der Waals surface area contributed by atoms with Gasteiger partial charge in [0.2, 0.25) is 0 Å². The fourth-order valence-electron chi connectivity index (χ4n) is 2.05. The Kier molecular flexibility index (Phi) is 4.73. The molecule has 0 radical (unpaired) electrons. The Balaban J connectivity index is 1.90. The molecule has 1 atom stereocenters. The number of thiophene rings is 1. The molecule has 0 spiro atoms. The monoisotopic (exact) mass is 316 g/mol. The van der Waals surface area contributed by atoms with Gasteiger partial charge in [-0.25, -0.2) is 0 Å². The maximum atomic E-state index is 12.2. The van der Waals surface area contributed by atoms with E-state index in [1.54, 1.807) is 0 Å². The van der Waals surface area contributed by atoms with Crippen LogP contribution in [0.5, 0.6) is 0 Å². The molecule has 1 aromatic heterocycles. The second-order valence-electron chi connectivity index (χ2n) is 4.45. The first-order chi connectivity index (χ1) is 8.16. The molecule has 2 rings (SSSR count). The van der Waals surface area contributed by atoms with E-state index in [4.69, 9.17) is 0 Å². The van der Waals surface area contributed by atoms with Gasteiger partial charge in [-0.3, -0.25) is 4.79 Å². The Morgan fingerprint density at radius 2 is 2.29 bits per heavy atom. The molecule has 5 heteroatoms. The van der Waals surface area contributed by atoms with Crippen molar-refractivity contribution in [2.24, 2.45) is 5.92 Å². The van der Waals surface area contributed by atoms with Crippen molar-refractivity contribution in [2.45, 2.75) is 6.92 Å². The molecule has 94 valence electrons. The number of hydrogen-bond acceptors (Lipinski definition) is 4. The molecule has 1 aromatic rings. The fourth-order valence-corrected chi connectivity index (χ4v) is 3.53. The third-order valence-corrected chi connectivity index (χ3v) is 4.71. The van der Waals surface area contributed by atoms with Gasteiger partial charge in [-0.2, -0.15) is 0 Å². The van der Waals surface area contributed by atoms with Crippen molar-refractivity contribution in [3.05, 3.63) is 20.8 Å². The number of rotatable bonds is 4. The largest absolute Gasteiger partial charge is 0.314 e. The second-order valence-corrected chi connectivity index (χ2v) is 6.27. The predicted octanol–water partition coefficient (Wildman–Crippen LogP) is 2.23. The fraction of sp³-hybridized carbons (Fsp3) is 0.583. The van der Waals surface area contributed by atoms with Gasteiger partial charge in [-0.1, -0.05) is 6.92 Å². The lowest BCUT2D eigenvalue weighted by molar-refractivity contribution is 0.0891. The Bertz CT molecular complexity index is 388. The molecule has 1 aliphatic rings. The van der Waals surface area contributed by atoms with Crippen LogP contribution >= 0.6 is 27.3 Å². The molecule has 1 aliphatic heterocycles. The summed E-state index contributed by atoms with van der Waals surface area (Å²) in [7, 11) is 0. The van der Waals surface area contributed by atoms with Crippen molar-refractivity contribution in [1.29, 1.82) is 0 Å². The SMILES string of the molecule is CC(CN1CCNCC1)C(=O)c1cc(Br)cs1. The molecule has 3 nitrogen and oxygen atoms in total. The van der Waals surface area contributed by atoms with Crippen molar-refractivity contribution in [2.75, 3.05) is 32.7 Å². The molecule has 1 saturated heterocycles. The van der Waals surface area contributed by atoms with Gasteiger partial charge < -0.3 is 10.2 Å². The Morgan fingerprint density at radius 1 is 1.59 bits per heavy atom. The Labute approximate surface area is 114 Å². The van der Waals surface area contributed by atoms with Gasteiger partial charge in [0.1, 0.15) is 0 Å². The van der Waals surface area contributed by atoms with Crippen LogP contribution in [0.25, 0.3) is 0 Å². The van der Waals surface area contributed by atoms with Crippen LogP contribution in [-0.2, 0) is 0 Å². The van der Waals surface area contributed by atoms with Gasteiger partial charge in [0, 0.05) is 48.5 Å². The van der Waals surface area contributed by atoms with Crippen LogP contribution in [0, 0.1) is 5.92 Å². The minimum atomic E-state index is 0.0821. The lowest BCUT2D eigenvalue weighted by atomic mass is 10.0. The van der Waals surface area contributed by atoms with Gasteiger partial charge in [0.25, 0.3) is 0 Å². The number of halogens is 1. The second kappa shape index (κ2) is 6.09. The zero-order valence-electron chi connectivity index (χ0n) is 9.91. The molecule has 0 aromatic carbocycles. The van der Waals surface area contributed by atoms with E-state index in [1.165, 1.54) is 11.3 Å². The van der Waals surface area contributed by atoms with Crippen LogP contribution in [0.15, 0.2) is 15.9 Å². The summed E-state index contributed by atoms with van der Waals surface area (Å²) in [5.41, 5.74) is 0. The van der Waals surface area contributed by atoms with Gasteiger partial charge >= 0.3 is 0 Å². The van der Waals surface area contributed by atoms with Gasteiger partial charge in [-0.05, 0) is 22.0 Å². The molecule has 0 saturated carbocycles. The topological polar surface area (TPSA) is 32.3 Å². The molecule has 1 unspecified atom stereocenters. The van der Waals surface area contributed by atoms with E-state index in [9.17, 15) is 4.79 Å². The Morgan fingerprint density at radius 3 is 2.88 bits per heavy atom. The van der Waals surface area contributed by atoms with Gasteiger partial charge in [0.15, 0.2) is 5.78 Å². The average molecular weight is 317 g/mol.